The number of ether oxygens (including phenoxy) is 5. The first-order chi connectivity index (χ1) is 23.5. The number of benzene rings is 2. The fraction of sp³-hybridized carbons (Fsp3) is 0.459. The maximum absolute atomic E-state index is 11.9. The van der Waals surface area contributed by atoms with Gasteiger partial charge in [-0.3, -0.25) is 15.0 Å². The minimum absolute atomic E-state index is 0. The molecule has 1 amide bonds. The summed E-state index contributed by atoms with van der Waals surface area (Å²) in [6.07, 6.45) is 9.57. The van der Waals surface area contributed by atoms with E-state index in [2.05, 4.69) is 20.3 Å². The van der Waals surface area contributed by atoms with Crippen LogP contribution in [-0.2, 0) is 25.4 Å². The topological polar surface area (TPSA) is 185 Å². The molecule has 2 aliphatic rings. The fourth-order valence-corrected chi connectivity index (χ4v) is 5.52. The van der Waals surface area contributed by atoms with E-state index in [1.807, 2.05) is 63.4 Å². The number of carbonyl (C=O) groups excluding carboxylic acids is 2. The summed E-state index contributed by atoms with van der Waals surface area (Å²) in [6, 6.07) is 11.3. The normalized spacial score (nSPS) is 16.4. The van der Waals surface area contributed by atoms with Gasteiger partial charge in [0.15, 0.2) is 0 Å². The maximum Gasteiger partial charge on any atom is 0.411 e. The highest BCUT2D eigenvalue weighted by molar-refractivity contribution is 6.23. The van der Waals surface area contributed by atoms with Crippen molar-refractivity contribution in [3.05, 3.63) is 77.6 Å². The van der Waals surface area contributed by atoms with Gasteiger partial charge in [-0.05, 0) is 106 Å². The first-order valence-electron chi connectivity index (χ1n) is 16.4. The highest BCUT2D eigenvalue weighted by Gasteiger charge is 2.24. The zero-order valence-corrected chi connectivity index (χ0v) is 29.1. The molecule has 0 radical (unpaired) electrons. The van der Waals surface area contributed by atoms with Gasteiger partial charge in [0.1, 0.15) is 23.3 Å². The lowest BCUT2D eigenvalue weighted by molar-refractivity contribution is -0.145. The van der Waals surface area contributed by atoms with Gasteiger partial charge in [0.25, 0.3) is 0 Å². The van der Waals surface area contributed by atoms with Crippen LogP contribution in [0.15, 0.2) is 65.8 Å². The molecule has 3 heterocycles. The van der Waals surface area contributed by atoms with Crippen molar-refractivity contribution in [1.29, 1.82) is 0 Å². The molecule has 0 saturated heterocycles. The van der Waals surface area contributed by atoms with Crippen molar-refractivity contribution in [3.63, 3.8) is 0 Å². The van der Waals surface area contributed by atoms with Gasteiger partial charge in [0.2, 0.25) is 0 Å². The Balaban J connectivity index is 0.000000340. The number of hydrogen-bond donors (Lipinski definition) is 4. The molecule has 6 N–H and O–H groups in total. The number of nitrogens with two attached hydrogens (primary N) is 2. The number of imidazole rings is 1. The van der Waals surface area contributed by atoms with Gasteiger partial charge in [-0.25, -0.2) is 14.6 Å². The molecular formula is C37H53FN6O7. The van der Waals surface area contributed by atoms with Gasteiger partial charge < -0.3 is 40.1 Å². The van der Waals surface area contributed by atoms with Crippen LogP contribution in [0.1, 0.15) is 82.5 Å². The lowest BCUT2D eigenvalue weighted by Gasteiger charge is -2.26. The number of H-pyrrole nitrogens is 1. The molecule has 1 aromatic heterocycles. The quantitative estimate of drug-likeness (QED) is 0.0728. The molecule has 3 aromatic rings. The Hall–Kier alpha value is -5.11. The highest BCUT2D eigenvalue weighted by Crippen LogP contribution is 2.39. The second kappa shape index (κ2) is 20.5. The van der Waals surface area contributed by atoms with Gasteiger partial charge in [-0.15, -0.1) is 0 Å². The van der Waals surface area contributed by atoms with E-state index in [0.717, 1.165) is 47.6 Å². The molecule has 13 nitrogen and oxygen atoms in total. The van der Waals surface area contributed by atoms with Crippen molar-refractivity contribution in [2.24, 2.45) is 10.7 Å². The van der Waals surface area contributed by atoms with Crippen molar-refractivity contribution in [3.8, 4) is 11.5 Å². The maximum atomic E-state index is 11.9. The Morgan fingerprint density at radius 3 is 2.39 bits per heavy atom. The summed E-state index contributed by atoms with van der Waals surface area (Å²) >= 11 is 0. The summed E-state index contributed by atoms with van der Waals surface area (Å²) in [4.78, 5) is 35.0. The van der Waals surface area contributed by atoms with Crippen LogP contribution < -0.4 is 26.3 Å². The number of anilines is 2. The second-order valence-electron chi connectivity index (χ2n) is 12.8. The van der Waals surface area contributed by atoms with Crippen molar-refractivity contribution >= 4 is 29.7 Å². The number of amides is 1. The van der Waals surface area contributed by atoms with E-state index in [1.54, 1.807) is 13.4 Å². The van der Waals surface area contributed by atoms with Crippen LogP contribution in [0.5, 0.6) is 11.5 Å². The standard InChI is InChI=1S/C18H23N3O4.C18H25N3O3.CH4.FH/c1-23-6-2-7-25-18(22)21-14-3-4-17-16(10-14)13(5-8-24-17)9-15-11-19-12-20-15;1-18(2,3)24-17(22)11-21-14(10-19)8-12-6-7-23-16-5-4-13(20)9-15(12)16;;/h3-4,10-13H,2,5-9H2,1H3,(H,19,20)(H,21,22);4-5,9-12H,6-8,19-20H2,1-3H3;1H4;1H/b;14-10-,21-11?;;. The van der Waals surface area contributed by atoms with Crippen LogP contribution in [0, 0.1) is 0 Å². The summed E-state index contributed by atoms with van der Waals surface area (Å²) in [7, 11) is 1.62. The summed E-state index contributed by atoms with van der Waals surface area (Å²) in [5.74, 6) is 1.74. The third kappa shape index (κ3) is 13.6. The number of nitrogens with one attached hydrogen (secondary N) is 2. The molecule has 0 fully saturated rings. The van der Waals surface area contributed by atoms with E-state index in [1.165, 1.54) is 12.4 Å². The molecule has 0 spiro atoms. The second-order valence-corrected chi connectivity index (χ2v) is 12.8. The van der Waals surface area contributed by atoms with Crippen LogP contribution in [0.3, 0.4) is 0 Å². The molecule has 0 saturated carbocycles. The monoisotopic (exact) mass is 712 g/mol. The predicted octanol–water partition coefficient (Wildman–Crippen LogP) is 6.63. The van der Waals surface area contributed by atoms with Crippen LogP contribution in [0.4, 0.5) is 20.9 Å². The average Bonchev–Trinajstić information content (AvgIpc) is 3.58. The van der Waals surface area contributed by atoms with Crippen LogP contribution in [-0.4, -0.2) is 67.4 Å². The highest BCUT2D eigenvalue weighted by atomic mass is 19.0. The molecule has 51 heavy (non-hydrogen) atoms. The Labute approximate surface area is 299 Å². The number of methoxy groups -OCH3 is 1. The van der Waals surface area contributed by atoms with Gasteiger partial charge >= 0.3 is 12.1 Å². The van der Waals surface area contributed by atoms with Crippen molar-refractivity contribution in [1.82, 2.24) is 9.97 Å². The van der Waals surface area contributed by atoms with E-state index >= 15 is 0 Å². The number of allylic oxidation sites excluding steroid dienone is 1. The number of carbonyl (C=O) groups is 2. The van der Waals surface area contributed by atoms with E-state index in [4.69, 9.17) is 35.2 Å². The molecule has 2 unspecified atom stereocenters. The van der Waals surface area contributed by atoms with Crippen molar-refractivity contribution in [2.75, 3.05) is 44.6 Å². The van der Waals surface area contributed by atoms with Crippen molar-refractivity contribution in [2.45, 2.75) is 77.7 Å². The SMILES string of the molecule is C.CC(C)(C)OC(=O)C=N/C(=C\N)CC1CCOc2ccc(N)cc21.COCCCOC(=O)Nc1ccc2c(c1)C(Cc1cnc[nH]1)CCO2.F. The van der Waals surface area contributed by atoms with Gasteiger partial charge in [0.05, 0.1) is 31.8 Å². The molecule has 0 aliphatic carbocycles. The summed E-state index contributed by atoms with van der Waals surface area (Å²) in [6.45, 7) is 7.65. The summed E-state index contributed by atoms with van der Waals surface area (Å²) in [5.41, 5.74) is 16.3. The number of nitrogen functional groups attached to an aromatic ring is 1. The largest absolute Gasteiger partial charge is 0.493 e. The lowest BCUT2D eigenvalue weighted by atomic mass is 9.89. The van der Waals surface area contributed by atoms with Crippen LogP contribution in [0.2, 0.25) is 0 Å². The number of esters is 1. The zero-order chi connectivity index (χ0) is 35.2. The minimum Gasteiger partial charge on any atom is -0.493 e. The Morgan fingerprint density at radius 2 is 1.75 bits per heavy atom. The average molecular weight is 713 g/mol. The number of aromatic nitrogens is 2. The Kier molecular flexibility index (Phi) is 16.9. The molecule has 14 heteroatoms. The minimum atomic E-state index is -0.549. The molecular weight excluding hydrogens is 659 g/mol. The third-order valence-corrected chi connectivity index (χ3v) is 7.76. The number of halogens is 1. The molecule has 0 bridgehead atoms. The molecule has 2 atom stereocenters. The zero-order valence-electron chi connectivity index (χ0n) is 29.1. The van der Waals surface area contributed by atoms with E-state index in [9.17, 15) is 9.59 Å². The number of aromatic amines is 1. The third-order valence-electron chi connectivity index (χ3n) is 7.76. The molecule has 280 valence electrons. The van der Waals surface area contributed by atoms with Gasteiger partial charge in [-0.2, -0.15) is 0 Å². The number of hydrogen-bond acceptors (Lipinski definition) is 11. The van der Waals surface area contributed by atoms with Crippen molar-refractivity contribution < 1.29 is 38.0 Å². The van der Waals surface area contributed by atoms with E-state index in [0.29, 0.717) is 62.3 Å². The Morgan fingerprint density at radius 1 is 1.06 bits per heavy atom. The van der Waals surface area contributed by atoms with Crippen LogP contribution >= 0.6 is 0 Å². The summed E-state index contributed by atoms with van der Waals surface area (Å²) in [5, 5.41) is 2.77. The smallest absolute Gasteiger partial charge is 0.411 e. The number of aliphatic imine (C=N–C) groups is 1. The number of fused-ring (bicyclic) bond motifs is 2. The van der Waals surface area contributed by atoms with Gasteiger partial charge in [-0.1, -0.05) is 7.43 Å². The molecule has 2 aromatic carbocycles. The molecule has 5 rings (SSSR count). The Bertz CT molecular complexity index is 1590. The lowest BCUT2D eigenvalue weighted by Crippen LogP contribution is -2.24. The first-order valence-corrected chi connectivity index (χ1v) is 16.4. The van der Waals surface area contributed by atoms with Gasteiger partial charge in [0, 0.05) is 49.6 Å². The van der Waals surface area contributed by atoms with E-state index < -0.39 is 17.7 Å². The van der Waals surface area contributed by atoms with E-state index in [-0.39, 0.29) is 18.0 Å². The van der Waals surface area contributed by atoms with Crippen LogP contribution in [0.25, 0.3) is 0 Å². The fourth-order valence-electron chi connectivity index (χ4n) is 5.52. The number of rotatable bonds is 11. The molecule has 2 aliphatic heterocycles. The predicted molar refractivity (Wildman–Crippen MR) is 197 cm³/mol. The number of nitrogens with zero attached hydrogens (tertiary/aromatic N) is 2. The summed E-state index contributed by atoms with van der Waals surface area (Å²) < 4.78 is 26.7. The first kappa shape index (κ1) is 42.1.